The van der Waals surface area contributed by atoms with Crippen LogP contribution in [0, 0.1) is 10.8 Å². The molecule has 1 heterocycles. The Morgan fingerprint density at radius 3 is 1.95 bits per heavy atom. The summed E-state index contributed by atoms with van der Waals surface area (Å²) < 4.78 is 0. The Hall–Kier alpha value is -5.11. The van der Waals surface area contributed by atoms with Crippen molar-refractivity contribution in [2.45, 2.75) is 25.3 Å². The lowest BCUT2D eigenvalue weighted by Gasteiger charge is -2.47. The first kappa shape index (κ1) is 29.4. The number of nitrogens with one attached hydrogen (secondary N) is 4. The highest BCUT2D eigenvalue weighted by Crippen LogP contribution is 2.29. The van der Waals surface area contributed by atoms with E-state index in [1.54, 1.807) is 24.3 Å². The Bertz CT molecular complexity index is 1360. The summed E-state index contributed by atoms with van der Waals surface area (Å²) in [5.74, 6) is -4.32. The smallest absolute Gasteiger partial charge is 0.323 e. The SMILES string of the molecule is CC(=O)[C@@]1(CCC(=O)Nc2ccc(C(=N)N)cc2)C(=O)N(CC(=O)O)CCN1NC(=O)c1ccc(C(=N)N)cc1. The number of aliphatic carboxylic acids is 1. The zero-order valence-corrected chi connectivity index (χ0v) is 21.7. The highest BCUT2D eigenvalue weighted by Gasteiger charge is 2.54. The predicted molar refractivity (Wildman–Crippen MR) is 145 cm³/mol. The number of amidine groups is 2. The second-order valence-electron chi connectivity index (χ2n) is 9.16. The van der Waals surface area contributed by atoms with Crippen molar-refractivity contribution in [1.29, 1.82) is 10.8 Å². The summed E-state index contributed by atoms with van der Waals surface area (Å²) in [6.45, 7) is 0.320. The number of nitrogens with two attached hydrogens (primary N) is 2. The van der Waals surface area contributed by atoms with Gasteiger partial charge in [0.2, 0.25) is 5.91 Å². The molecule has 1 aliphatic heterocycles. The van der Waals surface area contributed by atoms with Gasteiger partial charge in [-0.2, -0.15) is 5.01 Å². The van der Waals surface area contributed by atoms with Crippen LogP contribution in [0.3, 0.4) is 0 Å². The molecule has 40 heavy (non-hydrogen) atoms. The van der Waals surface area contributed by atoms with Crippen LogP contribution in [0.2, 0.25) is 0 Å². The topological polar surface area (TPSA) is 236 Å². The first-order chi connectivity index (χ1) is 18.8. The first-order valence-corrected chi connectivity index (χ1v) is 12.1. The van der Waals surface area contributed by atoms with E-state index >= 15 is 0 Å². The largest absolute Gasteiger partial charge is 0.480 e. The van der Waals surface area contributed by atoms with Gasteiger partial charge in [0.1, 0.15) is 18.2 Å². The number of amides is 3. The summed E-state index contributed by atoms with van der Waals surface area (Å²) in [4.78, 5) is 64.9. The molecule has 9 N–H and O–H groups in total. The van der Waals surface area contributed by atoms with E-state index in [-0.39, 0.29) is 43.2 Å². The van der Waals surface area contributed by atoms with E-state index in [9.17, 15) is 29.1 Å². The Morgan fingerprint density at radius 1 is 0.925 bits per heavy atom. The zero-order valence-electron chi connectivity index (χ0n) is 21.7. The van der Waals surface area contributed by atoms with Crippen LogP contribution in [-0.2, 0) is 19.2 Å². The van der Waals surface area contributed by atoms with Crippen molar-refractivity contribution in [3.05, 3.63) is 65.2 Å². The number of nitrogen functional groups attached to an aromatic ring is 2. The second-order valence-corrected chi connectivity index (χ2v) is 9.16. The summed E-state index contributed by atoms with van der Waals surface area (Å²) >= 11 is 0. The number of carbonyl (C=O) groups excluding carboxylic acids is 4. The molecule has 0 saturated carbocycles. The fourth-order valence-electron chi connectivity index (χ4n) is 4.35. The van der Waals surface area contributed by atoms with Crippen molar-refractivity contribution >= 4 is 46.8 Å². The molecule has 1 saturated heterocycles. The Kier molecular flexibility index (Phi) is 8.96. The van der Waals surface area contributed by atoms with E-state index in [1.807, 2.05) is 0 Å². The van der Waals surface area contributed by atoms with Gasteiger partial charge in [-0.25, -0.2) is 0 Å². The first-order valence-electron chi connectivity index (χ1n) is 12.1. The van der Waals surface area contributed by atoms with Gasteiger partial charge in [-0.15, -0.1) is 0 Å². The quantitative estimate of drug-likeness (QED) is 0.112. The summed E-state index contributed by atoms with van der Waals surface area (Å²) in [5, 5.41) is 28.0. The number of anilines is 1. The maximum atomic E-state index is 13.6. The number of ketones is 1. The fourth-order valence-corrected chi connectivity index (χ4v) is 4.35. The number of rotatable bonds is 11. The van der Waals surface area contributed by atoms with Gasteiger partial charge in [-0.05, 0) is 49.7 Å². The zero-order chi connectivity index (χ0) is 29.6. The highest BCUT2D eigenvalue weighted by molar-refractivity contribution is 6.11. The Labute approximate surface area is 229 Å². The number of nitrogens with zero attached hydrogens (tertiary/aromatic N) is 2. The van der Waals surface area contributed by atoms with Crippen LogP contribution >= 0.6 is 0 Å². The molecule has 3 rings (SSSR count). The van der Waals surface area contributed by atoms with Gasteiger partial charge in [0.25, 0.3) is 11.8 Å². The summed E-state index contributed by atoms with van der Waals surface area (Å²) in [6.07, 6.45) is -0.668. The number of hydrogen-bond donors (Lipinski definition) is 7. The Balaban J connectivity index is 1.85. The summed E-state index contributed by atoms with van der Waals surface area (Å²) in [7, 11) is 0. The minimum absolute atomic E-state index is 0.0794. The summed E-state index contributed by atoms with van der Waals surface area (Å²) in [5.41, 5.74) is 12.8. The number of benzene rings is 2. The van der Waals surface area contributed by atoms with E-state index in [0.717, 1.165) is 16.8 Å². The molecule has 14 heteroatoms. The number of carboxylic acids is 1. The molecule has 0 aromatic heterocycles. The molecule has 14 nitrogen and oxygen atoms in total. The number of hydrogen-bond acceptors (Lipinski definition) is 8. The van der Waals surface area contributed by atoms with Crippen molar-refractivity contribution in [2.75, 3.05) is 25.0 Å². The van der Waals surface area contributed by atoms with Crippen molar-refractivity contribution in [1.82, 2.24) is 15.3 Å². The molecule has 0 unspecified atom stereocenters. The number of carboxylic acid groups (broad SMARTS) is 1. The molecule has 3 amide bonds. The molecule has 2 aromatic carbocycles. The Morgan fingerprint density at radius 2 is 1.45 bits per heavy atom. The van der Waals surface area contributed by atoms with E-state index < -0.39 is 41.6 Å². The van der Waals surface area contributed by atoms with Gasteiger partial charge in [0.15, 0.2) is 11.3 Å². The van der Waals surface area contributed by atoms with Crippen molar-refractivity contribution in [3.8, 4) is 0 Å². The number of hydrazine groups is 1. The normalized spacial score (nSPS) is 17.1. The van der Waals surface area contributed by atoms with Crippen molar-refractivity contribution in [2.24, 2.45) is 11.5 Å². The van der Waals surface area contributed by atoms with Gasteiger partial charge < -0.3 is 26.8 Å². The van der Waals surface area contributed by atoms with Gasteiger partial charge in [-0.3, -0.25) is 40.2 Å². The molecule has 210 valence electrons. The molecule has 1 aliphatic rings. The minimum Gasteiger partial charge on any atom is -0.480 e. The number of piperazine rings is 1. The van der Waals surface area contributed by atoms with Crippen LogP contribution in [0.1, 0.15) is 41.3 Å². The van der Waals surface area contributed by atoms with Crippen molar-refractivity contribution in [3.63, 3.8) is 0 Å². The van der Waals surface area contributed by atoms with Crippen LogP contribution in [0.5, 0.6) is 0 Å². The summed E-state index contributed by atoms with van der Waals surface area (Å²) in [6, 6.07) is 12.0. The monoisotopic (exact) mass is 550 g/mol. The maximum Gasteiger partial charge on any atom is 0.323 e. The average Bonchev–Trinajstić information content (AvgIpc) is 2.90. The third-order valence-corrected chi connectivity index (χ3v) is 6.49. The number of Topliss-reactive ketones (excluding diaryl/α,β-unsaturated/α-hetero) is 1. The average molecular weight is 551 g/mol. The molecule has 1 atom stereocenters. The second kappa shape index (κ2) is 12.2. The molecule has 1 fully saturated rings. The van der Waals surface area contributed by atoms with Crippen LogP contribution in [0.15, 0.2) is 48.5 Å². The van der Waals surface area contributed by atoms with Crippen LogP contribution in [0.25, 0.3) is 0 Å². The van der Waals surface area contributed by atoms with Crippen LogP contribution < -0.4 is 22.2 Å². The number of carbonyl (C=O) groups is 5. The van der Waals surface area contributed by atoms with Gasteiger partial charge in [0.05, 0.1) is 0 Å². The lowest BCUT2D eigenvalue weighted by atomic mass is 9.84. The molecule has 2 aromatic rings. The minimum atomic E-state index is -2.04. The van der Waals surface area contributed by atoms with Gasteiger partial charge in [-0.1, -0.05) is 12.1 Å². The van der Waals surface area contributed by atoms with Crippen molar-refractivity contribution < 1.29 is 29.1 Å². The predicted octanol–water partition coefficient (Wildman–Crippen LogP) is -0.125. The van der Waals surface area contributed by atoms with E-state index in [4.69, 9.17) is 22.3 Å². The van der Waals surface area contributed by atoms with Gasteiger partial charge >= 0.3 is 5.97 Å². The molecule has 0 aliphatic carbocycles. The third-order valence-electron chi connectivity index (χ3n) is 6.49. The van der Waals surface area contributed by atoms with Crippen LogP contribution in [-0.4, -0.2) is 81.3 Å². The molecular formula is C26H30N8O6. The maximum absolute atomic E-state index is 13.6. The van der Waals surface area contributed by atoms with E-state index in [2.05, 4.69) is 10.7 Å². The lowest BCUT2D eigenvalue weighted by molar-refractivity contribution is -0.165. The molecule has 0 bridgehead atoms. The fraction of sp³-hybridized carbons (Fsp3) is 0.269. The molecule has 0 radical (unpaired) electrons. The standard InChI is InChI=1S/C26H30N8O6/c1-15(35)26(11-10-20(36)31-19-8-6-17(7-9-19)23(29)30)25(40)33(14-21(37)38)12-13-34(26)32-24(39)18-4-2-16(3-5-18)22(27)28/h2-9H,10-14H2,1H3,(H3,27,28)(H3,29,30)(H,31,36)(H,32,39)(H,37,38)/t26-/m0/s1. The van der Waals surface area contributed by atoms with Crippen LogP contribution in [0.4, 0.5) is 5.69 Å². The molecule has 0 spiro atoms. The molecular weight excluding hydrogens is 520 g/mol. The van der Waals surface area contributed by atoms with E-state index in [1.165, 1.54) is 24.3 Å². The third kappa shape index (κ3) is 6.47. The van der Waals surface area contributed by atoms with E-state index in [0.29, 0.717) is 16.8 Å². The highest BCUT2D eigenvalue weighted by atomic mass is 16.4. The lowest BCUT2D eigenvalue weighted by Crippen LogP contribution is -2.73. The van der Waals surface area contributed by atoms with Gasteiger partial charge in [0, 0.05) is 41.9 Å².